The van der Waals surface area contributed by atoms with Crippen LogP contribution in [0.2, 0.25) is 0 Å². The Morgan fingerprint density at radius 2 is 2.13 bits per heavy atom. The summed E-state index contributed by atoms with van der Waals surface area (Å²) in [6.07, 6.45) is 3.67. The van der Waals surface area contributed by atoms with Gasteiger partial charge < -0.3 is 4.40 Å². The van der Waals surface area contributed by atoms with E-state index in [1.54, 1.807) is 6.20 Å². The molecule has 0 aliphatic rings. The molecule has 2 heterocycles. The molecular formula is C12H14N2O. The highest BCUT2D eigenvalue weighted by molar-refractivity contribution is 5.97. The Morgan fingerprint density at radius 3 is 2.80 bits per heavy atom. The van der Waals surface area contributed by atoms with Crippen LogP contribution in [0.4, 0.5) is 0 Å². The minimum atomic E-state index is 0.0336. The van der Waals surface area contributed by atoms with Crippen molar-refractivity contribution in [2.24, 2.45) is 5.92 Å². The van der Waals surface area contributed by atoms with Gasteiger partial charge in [0.15, 0.2) is 5.78 Å². The molecule has 0 amide bonds. The number of rotatable bonds is 2. The highest BCUT2D eigenvalue weighted by Gasteiger charge is 2.11. The number of carbonyl (C=O) groups is 1. The fraction of sp³-hybridized carbons (Fsp3) is 0.333. The summed E-state index contributed by atoms with van der Waals surface area (Å²) in [5, 5.41) is 0. The van der Waals surface area contributed by atoms with E-state index in [1.165, 1.54) is 0 Å². The summed E-state index contributed by atoms with van der Waals surface area (Å²) in [5.74, 6) is 1.11. The van der Waals surface area contributed by atoms with Crippen LogP contribution in [0.25, 0.3) is 5.52 Å². The van der Waals surface area contributed by atoms with E-state index >= 15 is 0 Å². The Balaban J connectivity index is 2.55. The highest BCUT2D eigenvalue weighted by Crippen LogP contribution is 2.12. The number of Topliss-reactive ketones (excluding diaryl/α,β-unsaturated/α-hetero) is 1. The van der Waals surface area contributed by atoms with Gasteiger partial charge in [-0.25, -0.2) is 4.98 Å². The number of pyridine rings is 1. The maximum absolute atomic E-state index is 11.8. The summed E-state index contributed by atoms with van der Waals surface area (Å²) in [4.78, 5) is 16.0. The van der Waals surface area contributed by atoms with Gasteiger partial charge in [0.1, 0.15) is 5.82 Å². The average Bonchev–Trinajstić information content (AvgIpc) is 2.59. The third-order valence-corrected chi connectivity index (χ3v) is 2.52. The molecule has 0 atom stereocenters. The number of aromatic nitrogens is 2. The summed E-state index contributed by atoms with van der Waals surface area (Å²) in [6.45, 7) is 5.75. The SMILES string of the molecule is Cc1ncc2ccc(C(=O)C(C)C)cn12. The van der Waals surface area contributed by atoms with Crippen LogP contribution in [0.1, 0.15) is 30.0 Å². The molecule has 2 rings (SSSR count). The van der Waals surface area contributed by atoms with Crippen LogP contribution in [0, 0.1) is 12.8 Å². The van der Waals surface area contributed by atoms with Crippen molar-refractivity contribution in [1.82, 2.24) is 9.38 Å². The molecule has 0 aromatic carbocycles. The normalized spacial score (nSPS) is 11.2. The lowest BCUT2D eigenvalue weighted by Gasteiger charge is -2.05. The third-order valence-electron chi connectivity index (χ3n) is 2.52. The lowest BCUT2D eigenvalue weighted by atomic mass is 10.0. The lowest BCUT2D eigenvalue weighted by Crippen LogP contribution is -2.08. The molecule has 0 N–H and O–H groups in total. The van der Waals surface area contributed by atoms with Crippen molar-refractivity contribution in [3.63, 3.8) is 0 Å². The lowest BCUT2D eigenvalue weighted by molar-refractivity contribution is 0.0939. The first-order valence-electron chi connectivity index (χ1n) is 5.07. The summed E-state index contributed by atoms with van der Waals surface area (Å²) >= 11 is 0. The van der Waals surface area contributed by atoms with Crippen molar-refractivity contribution in [1.29, 1.82) is 0 Å². The van der Waals surface area contributed by atoms with Gasteiger partial charge in [-0.2, -0.15) is 0 Å². The molecule has 0 aliphatic heterocycles. The molecule has 3 nitrogen and oxygen atoms in total. The second-order valence-electron chi connectivity index (χ2n) is 4.04. The van der Waals surface area contributed by atoms with E-state index in [1.807, 2.05) is 43.5 Å². The number of aryl methyl sites for hydroxylation is 1. The number of hydrogen-bond acceptors (Lipinski definition) is 2. The zero-order valence-electron chi connectivity index (χ0n) is 9.19. The zero-order valence-corrected chi connectivity index (χ0v) is 9.19. The molecule has 2 aromatic heterocycles. The zero-order chi connectivity index (χ0) is 11.0. The molecule has 0 bridgehead atoms. The van der Waals surface area contributed by atoms with Crippen LogP contribution < -0.4 is 0 Å². The minimum absolute atomic E-state index is 0.0336. The monoisotopic (exact) mass is 202 g/mol. The number of fused-ring (bicyclic) bond motifs is 1. The maximum atomic E-state index is 11.8. The van der Waals surface area contributed by atoms with Gasteiger partial charge in [-0.05, 0) is 19.1 Å². The third kappa shape index (κ3) is 1.65. The van der Waals surface area contributed by atoms with E-state index in [-0.39, 0.29) is 11.7 Å². The topological polar surface area (TPSA) is 34.4 Å². The quantitative estimate of drug-likeness (QED) is 0.701. The smallest absolute Gasteiger partial charge is 0.166 e. The summed E-state index contributed by atoms with van der Waals surface area (Å²) in [5.41, 5.74) is 1.77. The molecule has 0 aliphatic carbocycles. The van der Waals surface area contributed by atoms with E-state index in [4.69, 9.17) is 0 Å². The van der Waals surface area contributed by atoms with Gasteiger partial charge in [0.25, 0.3) is 0 Å². The Hall–Kier alpha value is -1.64. The van der Waals surface area contributed by atoms with E-state index < -0.39 is 0 Å². The number of nitrogens with zero attached hydrogens (tertiary/aromatic N) is 2. The molecule has 0 radical (unpaired) electrons. The first kappa shape index (κ1) is 9.90. The predicted molar refractivity (Wildman–Crippen MR) is 59.1 cm³/mol. The average molecular weight is 202 g/mol. The van der Waals surface area contributed by atoms with Gasteiger partial charge in [0.2, 0.25) is 0 Å². The number of carbonyl (C=O) groups excluding carboxylic acids is 1. The van der Waals surface area contributed by atoms with Gasteiger partial charge >= 0.3 is 0 Å². The fourth-order valence-electron chi connectivity index (χ4n) is 1.60. The summed E-state index contributed by atoms with van der Waals surface area (Å²) in [6, 6.07) is 3.79. The standard InChI is InChI=1S/C12H14N2O/c1-8(2)12(15)10-4-5-11-6-13-9(3)14(11)7-10/h4-8H,1-3H3. The van der Waals surface area contributed by atoms with E-state index in [0.29, 0.717) is 0 Å². The van der Waals surface area contributed by atoms with Crippen molar-refractivity contribution in [2.75, 3.05) is 0 Å². The minimum Gasteiger partial charge on any atom is -0.303 e. The number of imidazole rings is 1. The van der Waals surface area contributed by atoms with Crippen molar-refractivity contribution in [3.05, 3.63) is 35.9 Å². The van der Waals surface area contributed by atoms with Crippen LogP contribution in [-0.2, 0) is 0 Å². The van der Waals surface area contributed by atoms with Crippen LogP contribution in [-0.4, -0.2) is 15.2 Å². The Kier molecular flexibility index (Phi) is 2.31. The summed E-state index contributed by atoms with van der Waals surface area (Å²) < 4.78 is 1.94. The van der Waals surface area contributed by atoms with Crippen LogP contribution in [0.5, 0.6) is 0 Å². The largest absolute Gasteiger partial charge is 0.303 e. The van der Waals surface area contributed by atoms with Gasteiger partial charge in [-0.1, -0.05) is 13.8 Å². The van der Waals surface area contributed by atoms with Gasteiger partial charge in [0.05, 0.1) is 11.7 Å². The van der Waals surface area contributed by atoms with Crippen LogP contribution in [0.15, 0.2) is 24.5 Å². The summed E-state index contributed by atoms with van der Waals surface area (Å²) in [7, 11) is 0. The molecule has 0 saturated heterocycles. The first-order chi connectivity index (χ1) is 7.09. The molecule has 3 heteroatoms. The van der Waals surface area contributed by atoms with Crippen molar-refractivity contribution < 1.29 is 4.79 Å². The Bertz CT molecular complexity index is 511. The number of ketones is 1. The number of hydrogen-bond donors (Lipinski definition) is 0. The predicted octanol–water partition coefficient (Wildman–Crippen LogP) is 2.48. The highest BCUT2D eigenvalue weighted by atomic mass is 16.1. The molecular weight excluding hydrogens is 188 g/mol. The fourth-order valence-corrected chi connectivity index (χ4v) is 1.60. The molecule has 0 fully saturated rings. The molecule has 2 aromatic rings. The van der Waals surface area contributed by atoms with E-state index in [2.05, 4.69) is 4.98 Å². The molecule has 15 heavy (non-hydrogen) atoms. The maximum Gasteiger partial charge on any atom is 0.166 e. The van der Waals surface area contributed by atoms with Crippen LogP contribution >= 0.6 is 0 Å². The van der Waals surface area contributed by atoms with Crippen molar-refractivity contribution >= 4 is 11.3 Å². The van der Waals surface area contributed by atoms with Crippen molar-refractivity contribution in [3.8, 4) is 0 Å². The van der Waals surface area contributed by atoms with Crippen LogP contribution in [0.3, 0.4) is 0 Å². The van der Waals surface area contributed by atoms with E-state index in [9.17, 15) is 4.79 Å². The van der Waals surface area contributed by atoms with E-state index in [0.717, 1.165) is 16.9 Å². The van der Waals surface area contributed by atoms with Gasteiger partial charge in [-0.3, -0.25) is 4.79 Å². The molecule has 0 saturated carbocycles. The first-order valence-corrected chi connectivity index (χ1v) is 5.07. The molecule has 0 spiro atoms. The Labute approximate surface area is 88.8 Å². The Morgan fingerprint density at radius 1 is 1.40 bits per heavy atom. The second kappa shape index (κ2) is 3.50. The molecule has 78 valence electrons. The van der Waals surface area contributed by atoms with Crippen molar-refractivity contribution in [2.45, 2.75) is 20.8 Å². The van der Waals surface area contributed by atoms with Gasteiger partial charge in [-0.15, -0.1) is 0 Å². The second-order valence-corrected chi connectivity index (χ2v) is 4.04. The molecule has 0 unspecified atom stereocenters. The van der Waals surface area contributed by atoms with Gasteiger partial charge in [0, 0.05) is 17.7 Å².